The second-order valence-electron chi connectivity index (χ2n) is 4.55. The van der Waals surface area contributed by atoms with Gasteiger partial charge in [-0.1, -0.05) is 30.3 Å². The summed E-state index contributed by atoms with van der Waals surface area (Å²) in [6, 6.07) is 9.35. The van der Waals surface area contributed by atoms with Gasteiger partial charge in [-0.05, 0) is 5.56 Å². The molecule has 0 fully saturated rings. The van der Waals surface area contributed by atoms with Crippen LogP contribution in [-0.4, -0.2) is 22.7 Å². The van der Waals surface area contributed by atoms with Crippen LogP contribution in [0.1, 0.15) is 18.0 Å². The molecule has 0 radical (unpaired) electrons. The Morgan fingerprint density at radius 1 is 1.42 bits per heavy atom. The summed E-state index contributed by atoms with van der Waals surface area (Å²) in [4.78, 5) is 13.7. The largest absolute Gasteiger partial charge is 0.324 e. The van der Waals surface area contributed by atoms with Gasteiger partial charge in [0.05, 0.1) is 11.9 Å². The van der Waals surface area contributed by atoms with Crippen LogP contribution < -0.4 is 10.6 Å². The summed E-state index contributed by atoms with van der Waals surface area (Å²) in [5.41, 5.74) is 7.79. The first-order valence-electron chi connectivity index (χ1n) is 6.13. The molecule has 0 bridgehead atoms. The van der Waals surface area contributed by atoms with Crippen LogP contribution in [0.5, 0.6) is 0 Å². The number of hydrogen-bond acceptors (Lipinski definition) is 3. The Hall–Kier alpha value is -2.14. The average Bonchev–Trinajstić information content (AvgIpc) is 2.85. The van der Waals surface area contributed by atoms with Crippen molar-refractivity contribution in [1.29, 1.82) is 0 Å². The molecule has 100 valence electrons. The number of aryl methyl sites for hydroxylation is 1. The Morgan fingerprint density at radius 2 is 2.11 bits per heavy atom. The van der Waals surface area contributed by atoms with Crippen LogP contribution in [0.3, 0.4) is 0 Å². The molecule has 0 aliphatic carbocycles. The molecule has 5 nitrogen and oxygen atoms in total. The maximum atomic E-state index is 12.1. The second kappa shape index (κ2) is 5.67. The molecule has 1 atom stereocenters. The number of benzene rings is 1. The quantitative estimate of drug-likeness (QED) is 0.903. The zero-order valence-corrected chi connectivity index (χ0v) is 11.2. The molecule has 2 rings (SSSR count). The van der Waals surface area contributed by atoms with E-state index in [2.05, 4.69) is 5.10 Å². The summed E-state index contributed by atoms with van der Waals surface area (Å²) >= 11 is 0. The van der Waals surface area contributed by atoms with Crippen molar-refractivity contribution >= 4 is 11.6 Å². The van der Waals surface area contributed by atoms with Crippen LogP contribution in [-0.2, 0) is 11.8 Å². The van der Waals surface area contributed by atoms with E-state index in [1.165, 1.54) is 0 Å². The van der Waals surface area contributed by atoms with Crippen molar-refractivity contribution in [3.8, 4) is 0 Å². The lowest BCUT2D eigenvalue weighted by molar-refractivity contribution is -0.118. The lowest BCUT2D eigenvalue weighted by atomic mass is 10.0. The van der Waals surface area contributed by atoms with Gasteiger partial charge in [-0.25, -0.2) is 0 Å². The first-order chi connectivity index (χ1) is 9.08. The molecule has 5 heteroatoms. The van der Waals surface area contributed by atoms with Gasteiger partial charge in [0.2, 0.25) is 5.91 Å². The summed E-state index contributed by atoms with van der Waals surface area (Å²) in [6.45, 7) is 0. The van der Waals surface area contributed by atoms with E-state index in [0.29, 0.717) is 0 Å². The molecule has 2 N–H and O–H groups in total. The van der Waals surface area contributed by atoms with E-state index < -0.39 is 0 Å². The molecule has 1 amide bonds. The number of rotatable bonds is 4. The minimum atomic E-state index is -0.284. The third kappa shape index (κ3) is 3.20. The number of nitrogens with zero attached hydrogens (tertiary/aromatic N) is 3. The number of nitrogens with two attached hydrogens (primary N) is 1. The third-order valence-corrected chi connectivity index (χ3v) is 3.07. The molecule has 1 unspecified atom stereocenters. The Labute approximate surface area is 112 Å². The molecule has 0 saturated heterocycles. The SMILES string of the molecule is CN(C(=O)CC(N)c1ccccc1)c1cnn(C)c1. The summed E-state index contributed by atoms with van der Waals surface area (Å²) < 4.78 is 1.66. The highest BCUT2D eigenvalue weighted by atomic mass is 16.2. The molecule has 0 spiro atoms. The Balaban J connectivity index is 2.01. The average molecular weight is 258 g/mol. The van der Waals surface area contributed by atoms with Crippen molar-refractivity contribution in [2.24, 2.45) is 12.8 Å². The minimum absolute atomic E-state index is 0.0237. The number of carbonyl (C=O) groups is 1. The van der Waals surface area contributed by atoms with Crippen molar-refractivity contribution in [2.75, 3.05) is 11.9 Å². The van der Waals surface area contributed by atoms with Crippen LogP contribution in [0.2, 0.25) is 0 Å². The van der Waals surface area contributed by atoms with Crippen LogP contribution >= 0.6 is 0 Å². The molecule has 0 saturated carbocycles. The fourth-order valence-electron chi connectivity index (χ4n) is 1.87. The molecule has 2 aromatic rings. The van der Waals surface area contributed by atoms with Crippen molar-refractivity contribution < 1.29 is 4.79 Å². The highest BCUT2D eigenvalue weighted by Gasteiger charge is 2.17. The molecule has 1 aromatic heterocycles. The summed E-state index contributed by atoms with van der Waals surface area (Å²) in [5, 5.41) is 4.05. The number of hydrogen-bond donors (Lipinski definition) is 1. The number of amides is 1. The van der Waals surface area contributed by atoms with Gasteiger partial charge in [0.15, 0.2) is 0 Å². The monoisotopic (exact) mass is 258 g/mol. The van der Waals surface area contributed by atoms with Gasteiger partial charge in [-0.15, -0.1) is 0 Å². The number of carbonyl (C=O) groups excluding carboxylic acids is 1. The molecular formula is C14H18N4O. The first kappa shape index (κ1) is 13.3. The predicted octanol–water partition coefficient (Wildman–Crippen LogP) is 1.47. The van der Waals surface area contributed by atoms with Crippen molar-refractivity contribution in [1.82, 2.24) is 9.78 Å². The van der Waals surface area contributed by atoms with Gasteiger partial charge in [0.1, 0.15) is 0 Å². The normalized spacial score (nSPS) is 12.2. The van der Waals surface area contributed by atoms with Crippen molar-refractivity contribution in [3.05, 3.63) is 48.3 Å². The van der Waals surface area contributed by atoms with Crippen LogP contribution in [0.25, 0.3) is 0 Å². The molecular weight excluding hydrogens is 240 g/mol. The topological polar surface area (TPSA) is 64.2 Å². The van der Waals surface area contributed by atoms with Crippen LogP contribution in [0, 0.1) is 0 Å². The van der Waals surface area contributed by atoms with Gasteiger partial charge >= 0.3 is 0 Å². The van der Waals surface area contributed by atoms with E-state index in [1.54, 1.807) is 29.0 Å². The van der Waals surface area contributed by atoms with Gasteiger partial charge < -0.3 is 10.6 Å². The standard InChI is InChI=1S/C14H18N4O/c1-17-10-12(9-16-17)18(2)14(19)8-13(15)11-6-4-3-5-7-11/h3-7,9-10,13H,8,15H2,1-2H3. The van der Waals surface area contributed by atoms with Gasteiger partial charge in [0.25, 0.3) is 0 Å². The summed E-state index contributed by atoms with van der Waals surface area (Å²) in [7, 11) is 3.55. The van der Waals surface area contributed by atoms with Gasteiger partial charge in [-0.2, -0.15) is 5.10 Å². The molecule has 0 aliphatic rings. The summed E-state index contributed by atoms with van der Waals surface area (Å²) in [6.07, 6.45) is 3.73. The lowest BCUT2D eigenvalue weighted by Crippen LogP contribution is -2.29. The predicted molar refractivity (Wildman–Crippen MR) is 74.6 cm³/mol. The van der Waals surface area contributed by atoms with Crippen molar-refractivity contribution in [3.63, 3.8) is 0 Å². The maximum Gasteiger partial charge on any atom is 0.228 e. The van der Waals surface area contributed by atoms with Crippen LogP contribution in [0.15, 0.2) is 42.7 Å². The lowest BCUT2D eigenvalue weighted by Gasteiger charge is -2.18. The molecule has 0 aliphatic heterocycles. The first-order valence-corrected chi connectivity index (χ1v) is 6.13. The highest BCUT2D eigenvalue weighted by Crippen LogP contribution is 2.17. The molecule has 1 heterocycles. The van der Waals surface area contributed by atoms with Gasteiger partial charge in [-0.3, -0.25) is 9.48 Å². The third-order valence-electron chi connectivity index (χ3n) is 3.07. The Kier molecular flexibility index (Phi) is 3.97. The summed E-state index contributed by atoms with van der Waals surface area (Å²) in [5.74, 6) is -0.0237. The number of anilines is 1. The maximum absolute atomic E-state index is 12.1. The van der Waals surface area contributed by atoms with Crippen LogP contribution in [0.4, 0.5) is 5.69 Å². The Morgan fingerprint density at radius 3 is 2.68 bits per heavy atom. The smallest absolute Gasteiger partial charge is 0.228 e. The van der Waals surface area contributed by atoms with E-state index >= 15 is 0 Å². The van der Waals surface area contributed by atoms with E-state index in [1.807, 2.05) is 37.4 Å². The second-order valence-corrected chi connectivity index (χ2v) is 4.55. The minimum Gasteiger partial charge on any atom is -0.324 e. The van der Waals surface area contributed by atoms with Crippen molar-refractivity contribution in [2.45, 2.75) is 12.5 Å². The van der Waals surface area contributed by atoms with E-state index in [9.17, 15) is 4.79 Å². The van der Waals surface area contributed by atoms with E-state index in [0.717, 1.165) is 11.3 Å². The van der Waals surface area contributed by atoms with E-state index in [-0.39, 0.29) is 18.4 Å². The molecule has 1 aromatic carbocycles. The fraction of sp³-hybridized carbons (Fsp3) is 0.286. The highest BCUT2D eigenvalue weighted by molar-refractivity contribution is 5.92. The molecule has 19 heavy (non-hydrogen) atoms. The Bertz CT molecular complexity index is 550. The zero-order chi connectivity index (χ0) is 13.8. The van der Waals surface area contributed by atoms with Gasteiger partial charge in [0, 0.05) is 32.8 Å². The van der Waals surface area contributed by atoms with E-state index in [4.69, 9.17) is 5.73 Å². The fourth-order valence-corrected chi connectivity index (χ4v) is 1.87. The zero-order valence-electron chi connectivity index (χ0n) is 11.2. The number of aromatic nitrogens is 2.